The number of Topliss-reactive ketones (excluding diaryl/α,β-unsaturated/α-hetero) is 2. The summed E-state index contributed by atoms with van der Waals surface area (Å²) in [5.41, 5.74) is 0.646. The third kappa shape index (κ3) is 4.18. The van der Waals surface area contributed by atoms with Gasteiger partial charge in [0.25, 0.3) is 0 Å². The maximum absolute atomic E-state index is 13.4. The average Bonchev–Trinajstić information content (AvgIpc) is 2.67. The standard InChI is InChI=1S/C10H7BrF2O2.C10H7BrF2O/c11-5-3-6(12)9(13)8-4(5)1-2-7(14)10(8)15;11-6-4-7(12)10(13)9-5(6)2-1-3-8(9)14/h3,7,14H,1-2H2;4H,1-3H2. The van der Waals surface area contributed by atoms with E-state index in [1.807, 2.05) is 0 Å². The SMILES string of the molecule is O=C1CCCc2c(Br)cc(F)c(F)c21.O=C1c2c(F)c(F)cc(Br)c2CCC1O. The van der Waals surface area contributed by atoms with Crippen LogP contribution in [0.2, 0.25) is 0 Å². The molecule has 0 radical (unpaired) electrons. The number of benzene rings is 2. The highest BCUT2D eigenvalue weighted by Gasteiger charge is 2.31. The molecule has 0 saturated heterocycles. The molecular formula is C20H14Br2F4O3. The Bertz CT molecular complexity index is 1020. The van der Waals surface area contributed by atoms with Gasteiger partial charge in [0.1, 0.15) is 6.10 Å². The van der Waals surface area contributed by atoms with E-state index in [1.165, 1.54) is 0 Å². The lowest BCUT2D eigenvalue weighted by atomic mass is 9.88. The molecule has 1 N–H and O–H groups in total. The second-order valence-corrected chi connectivity index (χ2v) is 8.42. The third-order valence-corrected chi connectivity index (χ3v) is 6.29. The molecule has 0 heterocycles. The van der Waals surface area contributed by atoms with Crippen LogP contribution in [0, 0.1) is 23.3 Å². The molecule has 2 aliphatic carbocycles. The molecule has 154 valence electrons. The van der Waals surface area contributed by atoms with Gasteiger partial charge in [-0.1, -0.05) is 31.9 Å². The summed E-state index contributed by atoms with van der Waals surface area (Å²) in [4.78, 5) is 22.8. The zero-order chi connectivity index (χ0) is 21.5. The van der Waals surface area contributed by atoms with Crippen molar-refractivity contribution in [2.24, 2.45) is 0 Å². The zero-order valence-electron chi connectivity index (χ0n) is 14.8. The first-order valence-electron chi connectivity index (χ1n) is 8.71. The Labute approximate surface area is 180 Å². The van der Waals surface area contributed by atoms with Gasteiger partial charge in [0, 0.05) is 15.4 Å². The summed E-state index contributed by atoms with van der Waals surface area (Å²) in [5.74, 6) is -5.27. The van der Waals surface area contributed by atoms with Gasteiger partial charge in [-0.3, -0.25) is 9.59 Å². The number of carbonyl (C=O) groups is 2. The number of aliphatic hydroxyl groups is 1. The van der Waals surface area contributed by atoms with E-state index in [1.54, 1.807) is 0 Å². The second kappa shape index (κ2) is 8.65. The summed E-state index contributed by atoms with van der Waals surface area (Å²) < 4.78 is 53.5. The Hall–Kier alpha value is -1.58. The molecule has 4 rings (SSSR count). The Morgan fingerprint density at radius 1 is 0.828 bits per heavy atom. The molecule has 29 heavy (non-hydrogen) atoms. The minimum Gasteiger partial charge on any atom is -0.385 e. The van der Waals surface area contributed by atoms with Crippen LogP contribution in [0.1, 0.15) is 51.1 Å². The molecule has 2 aromatic carbocycles. The minimum absolute atomic E-state index is 0.0666. The van der Waals surface area contributed by atoms with E-state index in [0.29, 0.717) is 45.8 Å². The first-order valence-corrected chi connectivity index (χ1v) is 10.3. The molecule has 1 atom stereocenters. The Kier molecular flexibility index (Phi) is 6.60. The summed E-state index contributed by atoms with van der Waals surface area (Å²) >= 11 is 6.21. The topological polar surface area (TPSA) is 54.4 Å². The van der Waals surface area contributed by atoms with Gasteiger partial charge in [0.05, 0.1) is 11.1 Å². The number of hydrogen-bond donors (Lipinski definition) is 1. The smallest absolute Gasteiger partial charge is 0.194 e. The van der Waals surface area contributed by atoms with Crippen molar-refractivity contribution in [3.63, 3.8) is 0 Å². The van der Waals surface area contributed by atoms with E-state index in [9.17, 15) is 32.3 Å². The van der Waals surface area contributed by atoms with Gasteiger partial charge >= 0.3 is 0 Å². The van der Waals surface area contributed by atoms with E-state index in [4.69, 9.17) is 0 Å². The van der Waals surface area contributed by atoms with Crippen molar-refractivity contribution in [2.45, 2.75) is 38.2 Å². The Morgan fingerprint density at radius 3 is 1.93 bits per heavy atom. The van der Waals surface area contributed by atoms with Crippen molar-refractivity contribution in [1.82, 2.24) is 0 Å². The summed E-state index contributed by atoms with van der Waals surface area (Å²) in [7, 11) is 0. The van der Waals surface area contributed by atoms with Crippen molar-refractivity contribution >= 4 is 43.4 Å². The maximum Gasteiger partial charge on any atom is 0.194 e. The molecule has 1 unspecified atom stereocenters. The van der Waals surface area contributed by atoms with Gasteiger partial charge in [-0.2, -0.15) is 0 Å². The average molecular weight is 538 g/mol. The van der Waals surface area contributed by atoms with Crippen molar-refractivity contribution in [3.8, 4) is 0 Å². The molecule has 3 nitrogen and oxygen atoms in total. The van der Waals surface area contributed by atoms with Crippen LogP contribution in [-0.2, 0) is 12.8 Å². The van der Waals surface area contributed by atoms with Gasteiger partial charge in [-0.25, -0.2) is 17.6 Å². The fourth-order valence-electron chi connectivity index (χ4n) is 3.43. The molecule has 0 saturated carbocycles. The number of fused-ring (bicyclic) bond motifs is 2. The quantitative estimate of drug-likeness (QED) is 0.358. The normalized spacial score (nSPS) is 18.0. The molecule has 2 aliphatic rings. The van der Waals surface area contributed by atoms with Crippen LogP contribution in [-0.4, -0.2) is 22.8 Å². The van der Waals surface area contributed by atoms with Gasteiger partial charge in [-0.15, -0.1) is 0 Å². The number of rotatable bonds is 0. The molecule has 0 spiro atoms. The van der Waals surface area contributed by atoms with Crippen LogP contribution in [0.5, 0.6) is 0 Å². The number of carbonyl (C=O) groups excluding carboxylic acids is 2. The molecule has 0 bridgehead atoms. The van der Waals surface area contributed by atoms with Gasteiger partial charge in [-0.05, 0) is 48.9 Å². The lowest BCUT2D eigenvalue weighted by Crippen LogP contribution is -2.29. The summed E-state index contributed by atoms with van der Waals surface area (Å²) in [6.45, 7) is 0. The maximum atomic E-state index is 13.4. The molecule has 0 fully saturated rings. The fourth-order valence-corrected chi connectivity index (χ4v) is 4.63. The van der Waals surface area contributed by atoms with Crippen molar-refractivity contribution in [1.29, 1.82) is 0 Å². The van der Waals surface area contributed by atoms with Gasteiger partial charge < -0.3 is 5.11 Å². The number of hydrogen-bond acceptors (Lipinski definition) is 3. The van der Waals surface area contributed by atoms with Crippen molar-refractivity contribution in [3.05, 3.63) is 66.6 Å². The van der Waals surface area contributed by atoms with Crippen LogP contribution >= 0.6 is 31.9 Å². The second-order valence-electron chi connectivity index (χ2n) is 6.71. The number of aliphatic hydroxyl groups excluding tert-OH is 1. The Balaban J connectivity index is 0.000000166. The minimum atomic E-state index is -1.22. The molecule has 0 aromatic heterocycles. The summed E-state index contributed by atoms with van der Waals surface area (Å²) in [6.07, 6.45) is 1.02. The molecule has 2 aromatic rings. The van der Waals surface area contributed by atoms with Crippen LogP contribution < -0.4 is 0 Å². The highest BCUT2D eigenvalue weighted by molar-refractivity contribution is 9.10. The van der Waals surface area contributed by atoms with E-state index < -0.39 is 35.2 Å². The largest absolute Gasteiger partial charge is 0.385 e. The third-order valence-electron chi connectivity index (χ3n) is 4.87. The molecular weight excluding hydrogens is 524 g/mol. The zero-order valence-corrected chi connectivity index (χ0v) is 18.0. The highest BCUT2D eigenvalue weighted by atomic mass is 79.9. The monoisotopic (exact) mass is 536 g/mol. The van der Waals surface area contributed by atoms with Gasteiger partial charge in [0.15, 0.2) is 34.8 Å². The first kappa shape index (κ1) is 22.1. The van der Waals surface area contributed by atoms with E-state index in [0.717, 1.165) is 12.1 Å². The first-order chi connectivity index (χ1) is 13.6. The van der Waals surface area contributed by atoms with Crippen LogP contribution in [0.4, 0.5) is 17.6 Å². The summed E-state index contributed by atoms with van der Waals surface area (Å²) in [5, 5.41) is 9.28. The van der Waals surface area contributed by atoms with E-state index >= 15 is 0 Å². The van der Waals surface area contributed by atoms with E-state index in [2.05, 4.69) is 31.9 Å². The fraction of sp³-hybridized carbons (Fsp3) is 0.300. The number of ketones is 2. The predicted molar refractivity (Wildman–Crippen MR) is 104 cm³/mol. The van der Waals surface area contributed by atoms with Gasteiger partial charge in [0.2, 0.25) is 0 Å². The highest BCUT2D eigenvalue weighted by Crippen LogP contribution is 2.32. The molecule has 0 aliphatic heterocycles. The van der Waals surface area contributed by atoms with Crippen LogP contribution in [0.15, 0.2) is 21.1 Å². The van der Waals surface area contributed by atoms with Crippen LogP contribution in [0.3, 0.4) is 0 Å². The lowest BCUT2D eigenvalue weighted by Gasteiger charge is -2.21. The molecule has 9 heteroatoms. The predicted octanol–water partition coefficient (Wildman–Crippen LogP) is 5.46. The van der Waals surface area contributed by atoms with Crippen molar-refractivity contribution in [2.75, 3.05) is 0 Å². The Morgan fingerprint density at radius 2 is 1.34 bits per heavy atom. The lowest BCUT2D eigenvalue weighted by molar-refractivity contribution is 0.0705. The van der Waals surface area contributed by atoms with E-state index in [-0.39, 0.29) is 23.3 Å². The van der Waals surface area contributed by atoms with Crippen LogP contribution in [0.25, 0.3) is 0 Å². The van der Waals surface area contributed by atoms with Crippen molar-refractivity contribution < 1.29 is 32.3 Å². The summed E-state index contributed by atoms with van der Waals surface area (Å²) in [6, 6.07) is 2.08. The molecule has 0 amide bonds. The number of halogens is 6.